The average Bonchev–Trinajstić information content (AvgIpc) is 2.95. The molecular formula is C18H18Cl3N3O. The molecule has 1 aliphatic rings. The number of nitrogen functional groups attached to an aromatic ring is 1. The van der Waals surface area contributed by atoms with Gasteiger partial charge in [-0.3, -0.25) is 10.6 Å². The molecule has 25 heavy (non-hydrogen) atoms. The van der Waals surface area contributed by atoms with Crippen LogP contribution >= 0.6 is 35.6 Å². The lowest BCUT2D eigenvalue weighted by Crippen LogP contribution is -2.08. The lowest BCUT2D eigenvalue weighted by atomic mass is 9.94. The summed E-state index contributed by atoms with van der Waals surface area (Å²) in [5, 5.41) is 2.37. The standard InChI is InChI=1S/C12H10ClNO.C6H7ClN2.ClH/c13-7-4-5-9-8(6-7)12-10(14-9)2-1-3-11(12)15;7-5-1-3-6(9-8)4-2-5;/h4-6,14H,1-3H2;1-4,9H,8H2;1H. The van der Waals surface area contributed by atoms with Crippen molar-refractivity contribution in [1.82, 2.24) is 4.98 Å². The van der Waals surface area contributed by atoms with Gasteiger partial charge in [0.05, 0.1) is 0 Å². The fourth-order valence-corrected chi connectivity index (χ4v) is 3.12. The summed E-state index contributed by atoms with van der Waals surface area (Å²) in [6, 6.07) is 12.8. The molecule has 0 atom stereocenters. The Kier molecular flexibility index (Phi) is 6.73. The molecule has 2 aromatic carbocycles. The Hall–Kier alpha value is -1.72. The fourth-order valence-electron chi connectivity index (χ4n) is 2.82. The van der Waals surface area contributed by atoms with Crippen molar-refractivity contribution in [3.63, 3.8) is 0 Å². The predicted octanol–water partition coefficient (Wildman–Crippen LogP) is 5.39. The maximum Gasteiger partial charge on any atom is 0.165 e. The van der Waals surface area contributed by atoms with E-state index in [0.29, 0.717) is 16.5 Å². The van der Waals surface area contributed by atoms with Gasteiger partial charge in [-0.15, -0.1) is 12.4 Å². The van der Waals surface area contributed by atoms with Crippen LogP contribution in [0.3, 0.4) is 0 Å². The summed E-state index contributed by atoms with van der Waals surface area (Å²) in [6.45, 7) is 0. The van der Waals surface area contributed by atoms with Gasteiger partial charge in [0.25, 0.3) is 0 Å². The van der Waals surface area contributed by atoms with Crippen LogP contribution in [0.1, 0.15) is 28.9 Å². The van der Waals surface area contributed by atoms with Gasteiger partial charge in [-0.05, 0) is 55.3 Å². The normalized spacial score (nSPS) is 12.7. The molecule has 3 aromatic rings. The average molecular weight is 399 g/mol. The Labute approximate surface area is 162 Å². The molecular weight excluding hydrogens is 381 g/mol. The van der Waals surface area contributed by atoms with Crippen LogP contribution < -0.4 is 11.3 Å². The van der Waals surface area contributed by atoms with Crippen molar-refractivity contribution < 1.29 is 4.79 Å². The fraction of sp³-hybridized carbons (Fsp3) is 0.167. The number of carbonyl (C=O) groups is 1. The van der Waals surface area contributed by atoms with Gasteiger partial charge in [-0.25, -0.2) is 0 Å². The van der Waals surface area contributed by atoms with Gasteiger partial charge >= 0.3 is 0 Å². The zero-order chi connectivity index (χ0) is 17.1. The molecule has 4 rings (SSSR count). The molecule has 0 saturated carbocycles. The number of carbonyl (C=O) groups excluding carboxylic acids is 1. The minimum Gasteiger partial charge on any atom is -0.358 e. The number of rotatable bonds is 1. The largest absolute Gasteiger partial charge is 0.358 e. The SMILES string of the molecule is Cl.NNc1ccc(Cl)cc1.O=C1CCCc2[nH]c3ccc(Cl)cc3c21. The summed E-state index contributed by atoms with van der Waals surface area (Å²) in [5.41, 5.74) is 6.30. The van der Waals surface area contributed by atoms with E-state index < -0.39 is 0 Å². The van der Waals surface area contributed by atoms with Crippen molar-refractivity contribution in [2.24, 2.45) is 5.84 Å². The van der Waals surface area contributed by atoms with Crippen LogP contribution in [0.4, 0.5) is 5.69 Å². The minimum atomic E-state index is 0. The lowest BCUT2D eigenvalue weighted by molar-refractivity contribution is 0.0974. The highest BCUT2D eigenvalue weighted by atomic mass is 35.5. The molecule has 0 fully saturated rings. The monoisotopic (exact) mass is 397 g/mol. The molecule has 0 spiro atoms. The number of ketones is 1. The van der Waals surface area contributed by atoms with Crippen LogP contribution in [0.15, 0.2) is 42.5 Å². The number of benzene rings is 2. The highest BCUT2D eigenvalue weighted by Crippen LogP contribution is 2.30. The van der Waals surface area contributed by atoms with Gasteiger partial charge in [0.1, 0.15) is 0 Å². The highest BCUT2D eigenvalue weighted by Gasteiger charge is 2.21. The van der Waals surface area contributed by atoms with Gasteiger partial charge < -0.3 is 10.4 Å². The first-order chi connectivity index (χ1) is 11.6. The summed E-state index contributed by atoms with van der Waals surface area (Å²) >= 11 is 11.5. The molecule has 4 nitrogen and oxygen atoms in total. The first-order valence-corrected chi connectivity index (χ1v) is 8.39. The second kappa shape index (κ2) is 8.59. The number of nitrogens with two attached hydrogens (primary N) is 1. The first-order valence-electron chi connectivity index (χ1n) is 7.64. The number of aromatic amines is 1. The molecule has 4 N–H and O–H groups in total. The second-order valence-electron chi connectivity index (χ2n) is 5.60. The van der Waals surface area contributed by atoms with Gasteiger partial charge in [-0.1, -0.05) is 23.2 Å². The van der Waals surface area contributed by atoms with Gasteiger partial charge in [0.2, 0.25) is 0 Å². The maximum atomic E-state index is 11.8. The number of aromatic nitrogens is 1. The molecule has 1 aliphatic carbocycles. The van der Waals surface area contributed by atoms with Crippen LogP contribution in [-0.4, -0.2) is 10.8 Å². The van der Waals surface area contributed by atoms with E-state index >= 15 is 0 Å². The third kappa shape index (κ3) is 4.47. The molecule has 0 aliphatic heterocycles. The van der Waals surface area contributed by atoms with E-state index in [1.54, 1.807) is 12.1 Å². The quantitative estimate of drug-likeness (QED) is 0.380. The number of hydrogen-bond donors (Lipinski definition) is 3. The third-order valence-corrected chi connectivity index (χ3v) is 4.45. The summed E-state index contributed by atoms with van der Waals surface area (Å²) in [5.74, 6) is 5.35. The summed E-state index contributed by atoms with van der Waals surface area (Å²) < 4.78 is 0. The minimum absolute atomic E-state index is 0. The van der Waals surface area contributed by atoms with Gasteiger partial charge in [0, 0.05) is 44.3 Å². The second-order valence-corrected chi connectivity index (χ2v) is 6.47. The predicted molar refractivity (Wildman–Crippen MR) is 107 cm³/mol. The van der Waals surface area contributed by atoms with Crippen molar-refractivity contribution in [1.29, 1.82) is 0 Å². The number of aryl methyl sites for hydroxylation is 1. The van der Waals surface area contributed by atoms with E-state index in [1.165, 1.54) is 0 Å². The van der Waals surface area contributed by atoms with Crippen LogP contribution in [0.2, 0.25) is 10.0 Å². The molecule has 1 aromatic heterocycles. The molecule has 7 heteroatoms. The Bertz CT molecular complexity index is 875. The summed E-state index contributed by atoms with van der Waals surface area (Å²) in [7, 11) is 0. The Morgan fingerprint density at radius 2 is 1.68 bits per heavy atom. The number of halogens is 3. The van der Waals surface area contributed by atoms with E-state index in [1.807, 2.05) is 30.3 Å². The number of anilines is 1. The topological polar surface area (TPSA) is 70.9 Å². The van der Waals surface area contributed by atoms with Crippen LogP contribution in [0.25, 0.3) is 10.9 Å². The molecule has 0 saturated heterocycles. The number of fused-ring (bicyclic) bond motifs is 3. The molecule has 1 heterocycles. The van der Waals surface area contributed by atoms with E-state index in [9.17, 15) is 4.79 Å². The van der Waals surface area contributed by atoms with E-state index in [-0.39, 0.29) is 18.2 Å². The van der Waals surface area contributed by atoms with Crippen molar-refractivity contribution in [3.8, 4) is 0 Å². The molecule has 132 valence electrons. The molecule has 0 amide bonds. The van der Waals surface area contributed by atoms with Crippen molar-refractivity contribution in [2.75, 3.05) is 5.43 Å². The summed E-state index contributed by atoms with van der Waals surface area (Å²) in [4.78, 5) is 15.1. The molecule has 0 bridgehead atoms. The molecule has 0 unspecified atom stereocenters. The Balaban J connectivity index is 0.000000196. The van der Waals surface area contributed by atoms with Crippen LogP contribution in [0, 0.1) is 0 Å². The Morgan fingerprint density at radius 3 is 2.36 bits per heavy atom. The molecule has 0 radical (unpaired) electrons. The zero-order valence-corrected chi connectivity index (χ0v) is 15.6. The smallest absolute Gasteiger partial charge is 0.165 e. The lowest BCUT2D eigenvalue weighted by Gasteiger charge is -2.09. The zero-order valence-electron chi connectivity index (χ0n) is 13.3. The van der Waals surface area contributed by atoms with Crippen molar-refractivity contribution in [2.45, 2.75) is 19.3 Å². The third-order valence-electron chi connectivity index (χ3n) is 3.96. The summed E-state index contributed by atoms with van der Waals surface area (Å²) in [6.07, 6.45) is 2.58. The van der Waals surface area contributed by atoms with Crippen LogP contribution in [0.5, 0.6) is 0 Å². The number of H-pyrrole nitrogens is 1. The maximum absolute atomic E-state index is 11.8. The van der Waals surface area contributed by atoms with Crippen molar-refractivity contribution in [3.05, 3.63) is 63.8 Å². The van der Waals surface area contributed by atoms with Gasteiger partial charge in [0.15, 0.2) is 5.78 Å². The van der Waals surface area contributed by atoms with E-state index in [0.717, 1.165) is 40.7 Å². The van der Waals surface area contributed by atoms with Gasteiger partial charge in [-0.2, -0.15) is 0 Å². The number of Topliss-reactive ketones (excluding diaryl/α,β-unsaturated/α-hetero) is 1. The number of nitrogens with one attached hydrogen (secondary N) is 2. The highest BCUT2D eigenvalue weighted by molar-refractivity contribution is 6.31. The first kappa shape index (κ1) is 19.6. The van der Waals surface area contributed by atoms with Crippen molar-refractivity contribution >= 4 is 58.0 Å². The van der Waals surface area contributed by atoms with Crippen LogP contribution in [-0.2, 0) is 6.42 Å². The van der Waals surface area contributed by atoms with E-state index in [2.05, 4.69) is 10.4 Å². The Morgan fingerprint density at radius 1 is 1.00 bits per heavy atom. The number of hydrogen-bond acceptors (Lipinski definition) is 3. The number of hydrazine groups is 1. The van der Waals surface area contributed by atoms with E-state index in [4.69, 9.17) is 29.0 Å².